The van der Waals surface area contributed by atoms with Crippen LogP contribution >= 0.6 is 0 Å². The van der Waals surface area contributed by atoms with Gasteiger partial charge >= 0.3 is 0 Å². The highest BCUT2D eigenvalue weighted by molar-refractivity contribution is 5.87. The smallest absolute Gasteiger partial charge is 0.246 e. The number of amides is 2. The van der Waals surface area contributed by atoms with Crippen LogP contribution in [0.1, 0.15) is 33.1 Å². The van der Waals surface area contributed by atoms with Gasteiger partial charge < -0.3 is 10.2 Å². The minimum atomic E-state index is -0.230. The zero-order chi connectivity index (χ0) is 14.3. The second-order valence-electron chi connectivity index (χ2n) is 5.11. The van der Waals surface area contributed by atoms with Crippen LogP contribution in [0.4, 0.5) is 0 Å². The number of hydrogen-bond acceptors (Lipinski definition) is 3. The summed E-state index contributed by atoms with van der Waals surface area (Å²) in [5.41, 5.74) is 0. The number of hydrogen-bond donors (Lipinski definition) is 1. The van der Waals surface area contributed by atoms with Crippen molar-refractivity contribution < 1.29 is 9.59 Å². The molecule has 1 fully saturated rings. The van der Waals surface area contributed by atoms with E-state index in [9.17, 15) is 9.59 Å². The van der Waals surface area contributed by atoms with Gasteiger partial charge in [-0.15, -0.1) is 0 Å². The SMILES string of the molecule is CC(C)/C=C/C(=O)N1CCC(NC(=O)CC#N)CC1. The van der Waals surface area contributed by atoms with Crippen molar-refractivity contribution in [3.05, 3.63) is 12.2 Å². The summed E-state index contributed by atoms with van der Waals surface area (Å²) in [6, 6.07) is 1.91. The summed E-state index contributed by atoms with van der Waals surface area (Å²) in [5.74, 6) is 0.175. The van der Waals surface area contributed by atoms with Crippen LogP contribution in [-0.2, 0) is 9.59 Å². The molecule has 0 radical (unpaired) electrons. The molecule has 0 saturated carbocycles. The Morgan fingerprint density at radius 2 is 2.05 bits per heavy atom. The molecule has 19 heavy (non-hydrogen) atoms. The highest BCUT2D eigenvalue weighted by atomic mass is 16.2. The Balaban J connectivity index is 2.35. The fourth-order valence-corrected chi connectivity index (χ4v) is 1.97. The summed E-state index contributed by atoms with van der Waals surface area (Å²) >= 11 is 0. The van der Waals surface area contributed by atoms with Gasteiger partial charge in [0.25, 0.3) is 0 Å². The van der Waals surface area contributed by atoms with Crippen molar-refractivity contribution in [3.8, 4) is 6.07 Å². The Hall–Kier alpha value is -1.83. The first-order valence-electron chi connectivity index (χ1n) is 6.66. The molecular weight excluding hydrogens is 242 g/mol. The summed E-state index contributed by atoms with van der Waals surface area (Å²) < 4.78 is 0. The first-order chi connectivity index (χ1) is 9.02. The largest absolute Gasteiger partial charge is 0.352 e. The lowest BCUT2D eigenvalue weighted by molar-refractivity contribution is -0.127. The molecule has 1 rings (SSSR count). The fourth-order valence-electron chi connectivity index (χ4n) is 1.97. The van der Waals surface area contributed by atoms with E-state index in [0.717, 1.165) is 12.8 Å². The van der Waals surface area contributed by atoms with Gasteiger partial charge in [0.15, 0.2) is 0 Å². The van der Waals surface area contributed by atoms with Gasteiger partial charge in [-0.1, -0.05) is 19.9 Å². The Labute approximate surface area is 114 Å². The molecule has 0 aromatic carbocycles. The molecule has 0 bridgehead atoms. The van der Waals surface area contributed by atoms with Crippen molar-refractivity contribution in [3.63, 3.8) is 0 Å². The summed E-state index contributed by atoms with van der Waals surface area (Å²) in [7, 11) is 0. The van der Waals surface area contributed by atoms with Crippen molar-refractivity contribution in [2.75, 3.05) is 13.1 Å². The van der Waals surface area contributed by atoms with E-state index in [4.69, 9.17) is 5.26 Å². The van der Waals surface area contributed by atoms with E-state index < -0.39 is 0 Å². The number of nitriles is 1. The normalized spacial score (nSPS) is 16.6. The summed E-state index contributed by atoms with van der Waals surface area (Å²) in [5, 5.41) is 11.2. The maximum atomic E-state index is 11.8. The Morgan fingerprint density at radius 1 is 1.42 bits per heavy atom. The van der Waals surface area contributed by atoms with Gasteiger partial charge in [0, 0.05) is 19.1 Å². The van der Waals surface area contributed by atoms with Crippen LogP contribution in [0.25, 0.3) is 0 Å². The van der Waals surface area contributed by atoms with E-state index in [1.54, 1.807) is 11.0 Å². The van der Waals surface area contributed by atoms with E-state index in [2.05, 4.69) is 5.32 Å². The molecule has 0 aromatic heterocycles. The van der Waals surface area contributed by atoms with Crippen LogP contribution in [0.3, 0.4) is 0 Å². The summed E-state index contributed by atoms with van der Waals surface area (Å²) in [6.07, 6.45) is 4.91. The van der Waals surface area contributed by atoms with E-state index in [1.165, 1.54) is 0 Å². The molecule has 1 aliphatic rings. The number of nitrogens with one attached hydrogen (secondary N) is 1. The predicted octanol–water partition coefficient (Wildman–Crippen LogP) is 1.22. The maximum absolute atomic E-state index is 11.8. The van der Waals surface area contributed by atoms with Crippen molar-refractivity contribution in [1.29, 1.82) is 5.26 Å². The first-order valence-corrected chi connectivity index (χ1v) is 6.66. The number of nitrogens with zero attached hydrogens (tertiary/aromatic N) is 2. The molecule has 1 heterocycles. The van der Waals surface area contributed by atoms with Crippen molar-refractivity contribution in [1.82, 2.24) is 10.2 Å². The zero-order valence-corrected chi connectivity index (χ0v) is 11.6. The van der Waals surface area contributed by atoms with E-state index >= 15 is 0 Å². The average Bonchev–Trinajstić information content (AvgIpc) is 2.37. The van der Waals surface area contributed by atoms with Crippen molar-refractivity contribution in [2.24, 2.45) is 5.92 Å². The Kier molecular flexibility index (Phi) is 6.07. The third kappa shape index (κ3) is 5.56. The summed E-state index contributed by atoms with van der Waals surface area (Å²) in [6.45, 7) is 5.36. The van der Waals surface area contributed by atoms with Crippen LogP contribution in [-0.4, -0.2) is 35.8 Å². The topological polar surface area (TPSA) is 73.2 Å². The molecule has 5 heteroatoms. The quantitative estimate of drug-likeness (QED) is 0.775. The molecule has 104 valence electrons. The molecule has 1 saturated heterocycles. The number of carbonyl (C=O) groups excluding carboxylic acids is 2. The summed E-state index contributed by atoms with van der Waals surface area (Å²) in [4.78, 5) is 24.9. The molecule has 2 amide bonds. The maximum Gasteiger partial charge on any atom is 0.246 e. The van der Waals surface area contributed by atoms with Gasteiger partial charge in [0.05, 0.1) is 6.07 Å². The van der Waals surface area contributed by atoms with Crippen LogP contribution in [0, 0.1) is 17.2 Å². The molecule has 0 spiro atoms. The third-order valence-corrected chi connectivity index (χ3v) is 3.04. The fraction of sp³-hybridized carbons (Fsp3) is 0.643. The van der Waals surface area contributed by atoms with Gasteiger partial charge in [-0.2, -0.15) is 5.26 Å². The lowest BCUT2D eigenvalue weighted by Gasteiger charge is -2.31. The van der Waals surface area contributed by atoms with Gasteiger partial charge in [-0.3, -0.25) is 9.59 Å². The molecule has 1 N–H and O–H groups in total. The van der Waals surface area contributed by atoms with Crippen LogP contribution in [0.5, 0.6) is 0 Å². The molecule has 0 aliphatic carbocycles. The van der Waals surface area contributed by atoms with E-state index in [1.807, 2.05) is 26.0 Å². The molecule has 0 atom stereocenters. The highest BCUT2D eigenvalue weighted by Crippen LogP contribution is 2.11. The number of allylic oxidation sites excluding steroid dienone is 1. The minimum Gasteiger partial charge on any atom is -0.352 e. The van der Waals surface area contributed by atoms with E-state index in [-0.39, 0.29) is 24.3 Å². The van der Waals surface area contributed by atoms with Gasteiger partial charge in [-0.25, -0.2) is 0 Å². The second-order valence-corrected chi connectivity index (χ2v) is 5.11. The number of piperidine rings is 1. The molecule has 0 aromatic rings. The van der Waals surface area contributed by atoms with Gasteiger partial charge in [-0.05, 0) is 24.8 Å². The standard InChI is InChI=1S/C14H21N3O2/c1-11(2)3-4-14(19)17-9-6-12(7-10-17)16-13(18)5-8-15/h3-4,11-12H,5-7,9-10H2,1-2H3,(H,16,18)/b4-3+. The molecule has 1 aliphatic heterocycles. The molecule has 5 nitrogen and oxygen atoms in total. The van der Waals surface area contributed by atoms with Crippen molar-refractivity contribution >= 4 is 11.8 Å². The lowest BCUT2D eigenvalue weighted by atomic mass is 10.0. The molecule has 0 unspecified atom stereocenters. The molecular formula is C14H21N3O2. The predicted molar refractivity (Wildman–Crippen MR) is 72.0 cm³/mol. The number of carbonyl (C=O) groups is 2. The van der Waals surface area contributed by atoms with Crippen molar-refractivity contribution in [2.45, 2.75) is 39.2 Å². The van der Waals surface area contributed by atoms with Gasteiger partial charge in [0.2, 0.25) is 11.8 Å². The number of likely N-dealkylation sites (tertiary alicyclic amines) is 1. The average molecular weight is 263 g/mol. The lowest BCUT2D eigenvalue weighted by Crippen LogP contribution is -2.46. The van der Waals surface area contributed by atoms with Crippen LogP contribution in [0.2, 0.25) is 0 Å². The second kappa shape index (κ2) is 7.57. The number of rotatable bonds is 4. The Bertz CT molecular complexity index is 388. The minimum absolute atomic E-state index is 0.0375. The first kappa shape index (κ1) is 15.2. The Morgan fingerprint density at radius 3 is 2.58 bits per heavy atom. The van der Waals surface area contributed by atoms with Crippen LogP contribution < -0.4 is 5.32 Å². The zero-order valence-electron chi connectivity index (χ0n) is 11.6. The monoisotopic (exact) mass is 263 g/mol. The van der Waals surface area contributed by atoms with Gasteiger partial charge in [0.1, 0.15) is 6.42 Å². The third-order valence-electron chi connectivity index (χ3n) is 3.04. The van der Waals surface area contributed by atoms with Crippen LogP contribution in [0.15, 0.2) is 12.2 Å². The highest BCUT2D eigenvalue weighted by Gasteiger charge is 2.22. The van der Waals surface area contributed by atoms with E-state index in [0.29, 0.717) is 19.0 Å².